The van der Waals surface area contributed by atoms with E-state index in [4.69, 9.17) is 19.9 Å². The summed E-state index contributed by atoms with van der Waals surface area (Å²) >= 11 is 0. The quantitative estimate of drug-likeness (QED) is 0.245. The van der Waals surface area contributed by atoms with E-state index in [0.29, 0.717) is 6.54 Å². The van der Waals surface area contributed by atoms with Crippen LogP contribution in [0.4, 0.5) is 0 Å². The Balaban J connectivity index is 1.16. The van der Waals surface area contributed by atoms with Crippen molar-refractivity contribution in [3.05, 3.63) is 138 Å². The predicted molar refractivity (Wildman–Crippen MR) is 172 cm³/mol. The summed E-state index contributed by atoms with van der Waals surface area (Å²) in [4.78, 5) is 19.9. The molecule has 0 N–H and O–H groups in total. The number of hydrogen-bond acceptors (Lipinski definition) is 4. The first-order valence-corrected chi connectivity index (χ1v) is 14.4. The van der Waals surface area contributed by atoms with Crippen molar-refractivity contribution >= 4 is 38.9 Å². The highest BCUT2D eigenvalue weighted by Gasteiger charge is 2.18. The Hall–Kier alpha value is -5.88. The molecule has 0 aliphatic carbocycles. The number of imidazole rings is 1. The second kappa shape index (κ2) is 9.33. The van der Waals surface area contributed by atoms with E-state index in [9.17, 15) is 0 Å². The van der Waals surface area contributed by atoms with Crippen LogP contribution in [-0.4, -0.2) is 30.6 Å². The van der Waals surface area contributed by atoms with Crippen LogP contribution in [0.5, 0.6) is 0 Å². The lowest BCUT2D eigenvalue weighted by Gasteiger charge is -2.11. The first-order valence-electron chi connectivity index (χ1n) is 14.4. The van der Waals surface area contributed by atoms with Gasteiger partial charge in [0.1, 0.15) is 22.8 Å². The highest BCUT2D eigenvalue weighted by atomic mass is 15.1. The van der Waals surface area contributed by atoms with Crippen molar-refractivity contribution in [3.8, 4) is 34.2 Å². The van der Waals surface area contributed by atoms with E-state index in [2.05, 4.69) is 118 Å². The van der Waals surface area contributed by atoms with Crippen molar-refractivity contribution in [2.75, 3.05) is 6.54 Å². The maximum atomic E-state index is 5.12. The van der Waals surface area contributed by atoms with E-state index in [1.54, 1.807) is 0 Å². The number of fused-ring (bicyclic) bond motifs is 6. The molecule has 4 aromatic carbocycles. The molecule has 0 amide bonds. The highest BCUT2D eigenvalue weighted by Crippen LogP contribution is 2.30. The zero-order valence-electron chi connectivity index (χ0n) is 23.1. The fourth-order valence-corrected chi connectivity index (χ4v) is 6.27. The summed E-state index contributed by atoms with van der Waals surface area (Å²) in [6, 6.07) is 41.7. The van der Waals surface area contributed by atoms with Gasteiger partial charge < -0.3 is 0 Å². The van der Waals surface area contributed by atoms with E-state index in [1.807, 2.05) is 24.4 Å². The zero-order chi connectivity index (χ0) is 28.3. The van der Waals surface area contributed by atoms with E-state index in [0.717, 1.165) is 72.3 Å². The largest absolute Gasteiger partial charge is 0.292 e. The highest BCUT2D eigenvalue weighted by molar-refractivity contribution is 6.05. The van der Waals surface area contributed by atoms with Gasteiger partial charge in [0.2, 0.25) is 0 Å². The minimum Gasteiger partial charge on any atom is -0.292 e. The van der Waals surface area contributed by atoms with Gasteiger partial charge >= 0.3 is 0 Å². The van der Waals surface area contributed by atoms with Crippen molar-refractivity contribution in [2.24, 2.45) is 4.99 Å². The van der Waals surface area contributed by atoms with Gasteiger partial charge in [0.05, 0.1) is 23.3 Å². The lowest BCUT2D eigenvalue weighted by atomic mass is 10.1. The Morgan fingerprint density at radius 3 is 2.33 bits per heavy atom. The van der Waals surface area contributed by atoms with Gasteiger partial charge in [-0.05, 0) is 41.8 Å². The van der Waals surface area contributed by atoms with Crippen molar-refractivity contribution in [1.29, 1.82) is 0 Å². The second-order valence-corrected chi connectivity index (χ2v) is 10.7. The van der Waals surface area contributed by atoms with Gasteiger partial charge in [0, 0.05) is 39.0 Å². The summed E-state index contributed by atoms with van der Waals surface area (Å²) in [5.41, 5.74) is 7.89. The van der Waals surface area contributed by atoms with Gasteiger partial charge in [0.15, 0.2) is 0 Å². The van der Waals surface area contributed by atoms with E-state index in [-0.39, 0.29) is 0 Å². The van der Waals surface area contributed by atoms with Crippen LogP contribution in [0.3, 0.4) is 0 Å². The Labute approximate surface area is 246 Å². The molecule has 5 heterocycles. The molecule has 0 fully saturated rings. The number of para-hydroxylation sites is 3. The molecular formula is C37H24N6. The number of hydrogen-bond donors (Lipinski definition) is 0. The van der Waals surface area contributed by atoms with Crippen LogP contribution in [0.25, 0.3) is 73.1 Å². The average molecular weight is 553 g/mol. The van der Waals surface area contributed by atoms with Crippen molar-refractivity contribution in [3.63, 3.8) is 0 Å². The van der Waals surface area contributed by atoms with Crippen LogP contribution < -0.4 is 10.7 Å². The van der Waals surface area contributed by atoms with Crippen LogP contribution in [0.2, 0.25) is 0 Å². The average Bonchev–Trinajstić information content (AvgIpc) is 3.78. The third-order valence-electron chi connectivity index (χ3n) is 8.23. The van der Waals surface area contributed by atoms with Gasteiger partial charge in [-0.3, -0.25) is 14.1 Å². The summed E-state index contributed by atoms with van der Waals surface area (Å²) in [5, 5.41) is 4.58. The lowest BCUT2D eigenvalue weighted by Crippen LogP contribution is -2.26. The number of pyridine rings is 2. The Morgan fingerprint density at radius 2 is 1.42 bits per heavy atom. The first kappa shape index (κ1) is 23.8. The fraction of sp³-hybridized carbons (Fsp3) is 0.0270. The minimum atomic E-state index is 0.665. The molecule has 6 nitrogen and oxygen atoms in total. The molecule has 8 aromatic rings. The predicted octanol–water partition coefficient (Wildman–Crippen LogP) is 6.66. The van der Waals surface area contributed by atoms with Crippen molar-refractivity contribution < 1.29 is 0 Å². The first-order chi connectivity index (χ1) is 21.3. The molecule has 0 atom stereocenters. The Morgan fingerprint density at radius 1 is 0.628 bits per heavy atom. The van der Waals surface area contributed by atoms with Gasteiger partial charge in [0.25, 0.3) is 0 Å². The third kappa shape index (κ3) is 3.66. The monoisotopic (exact) mass is 552 g/mol. The van der Waals surface area contributed by atoms with Crippen LogP contribution in [0.1, 0.15) is 0 Å². The SMILES string of the molecule is C1=c2c(n(-c3cccc(-c4ccc(-c5nc6ccccc6n5-c5ccccc5)cc4)n3)c3ncc4ccccc4c23)=NC1. The standard InChI is InChI=1S/C37H24N6/c1-2-10-27(11-3-1)42-32-15-7-6-13-31(32)41-35(42)25-19-17-24(18-20-25)30-14-8-16-33(40-30)43-36-29(21-22-38-36)34-28-12-5-4-9-26(28)23-39-37(34)43/h1-21,23H,22H2. The van der Waals surface area contributed by atoms with Crippen molar-refractivity contribution in [1.82, 2.24) is 24.1 Å². The molecule has 0 radical (unpaired) electrons. The lowest BCUT2D eigenvalue weighted by molar-refractivity contribution is 0.941. The molecular weight excluding hydrogens is 528 g/mol. The summed E-state index contributed by atoms with van der Waals surface area (Å²) < 4.78 is 4.32. The maximum absolute atomic E-state index is 5.12. The molecule has 0 unspecified atom stereocenters. The van der Waals surface area contributed by atoms with Crippen LogP contribution in [-0.2, 0) is 0 Å². The Kier molecular flexibility index (Phi) is 5.16. The number of benzene rings is 4. The zero-order valence-corrected chi connectivity index (χ0v) is 23.1. The molecule has 43 heavy (non-hydrogen) atoms. The molecule has 0 saturated heterocycles. The molecule has 1 aliphatic heterocycles. The number of aromatic nitrogens is 5. The normalized spacial score (nSPS) is 12.5. The van der Waals surface area contributed by atoms with Gasteiger partial charge in [-0.15, -0.1) is 0 Å². The second-order valence-electron chi connectivity index (χ2n) is 10.7. The minimum absolute atomic E-state index is 0.665. The topological polar surface area (TPSA) is 60.9 Å². The maximum Gasteiger partial charge on any atom is 0.148 e. The van der Waals surface area contributed by atoms with Crippen LogP contribution in [0.15, 0.2) is 133 Å². The number of rotatable bonds is 4. The van der Waals surface area contributed by atoms with Crippen LogP contribution in [0, 0.1) is 0 Å². The fourth-order valence-electron chi connectivity index (χ4n) is 6.27. The molecule has 6 heteroatoms. The van der Waals surface area contributed by atoms with Gasteiger partial charge in [-0.1, -0.05) is 91.0 Å². The summed E-state index contributed by atoms with van der Waals surface area (Å²) in [7, 11) is 0. The van der Waals surface area contributed by atoms with Crippen molar-refractivity contribution in [2.45, 2.75) is 0 Å². The smallest absolute Gasteiger partial charge is 0.148 e. The number of nitrogens with zero attached hydrogens (tertiary/aromatic N) is 6. The molecule has 0 saturated carbocycles. The summed E-state index contributed by atoms with van der Waals surface area (Å²) in [5.74, 6) is 1.71. The van der Waals surface area contributed by atoms with E-state index < -0.39 is 0 Å². The Bertz CT molecular complexity index is 2470. The summed E-state index contributed by atoms with van der Waals surface area (Å²) in [6.45, 7) is 0.665. The van der Waals surface area contributed by atoms with Gasteiger partial charge in [-0.2, -0.15) is 0 Å². The molecule has 202 valence electrons. The molecule has 0 spiro atoms. The molecule has 9 rings (SSSR count). The molecule has 1 aliphatic rings. The third-order valence-corrected chi connectivity index (χ3v) is 8.23. The summed E-state index contributed by atoms with van der Waals surface area (Å²) in [6.07, 6.45) is 4.13. The molecule has 4 aromatic heterocycles. The van der Waals surface area contributed by atoms with Gasteiger partial charge in [-0.25, -0.2) is 15.0 Å². The van der Waals surface area contributed by atoms with E-state index in [1.165, 1.54) is 5.39 Å². The van der Waals surface area contributed by atoms with Crippen LogP contribution >= 0.6 is 0 Å². The molecule has 0 bridgehead atoms. The van der Waals surface area contributed by atoms with E-state index >= 15 is 0 Å².